The van der Waals surface area contributed by atoms with Gasteiger partial charge in [-0.2, -0.15) is 0 Å². The number of rotatable bonds is 6. The van der Waals surface area contributed by atoms with Crippen LogP contribution in [0.4, 0.5) is 11.4 Å². The third kappa shape index (κ3) is 6.63. The van der Waals surface area contributed by atoms with E-state index in [1.807, 2.05) is 45.9 Å². The van der Waals surface area contributed by atoms with Crippen LogP contribution in [-0.2, 0) is 0 Å². The van der Waals surface area contributed by atoms with E-state index in [0.717, 1.165) is 11.1 Å². The number of carbonyl (C=O) groups excluding carboxylic acids is 2. The summed E-state index contributed by atoms with van der Waals surface area (Å²) in [6, 6.07) is 19.6. The van der Waals surface area contributed by atoms with E-state index in [-0.39, 0.29) is 23.0 Å². The molecule has 3 N–H and O–H groups in total. The lowest BCUT2D eigenvalue weighted by Crippen LogP contribution is -2.34. The van der Waals surface area contributed by atoms with Crippen LogP contribution in [-0.4, -0.2) is 23.0 Å². The van der Waals surface area contributed by atoms with Crippen LogP contribution in [0.1, 0.15) is 45.7 Å². The number of para-hydroxylation sites is 1. The molecular weight excluding hydrogens is 434 g/mol. The number of amides is 2. The second-order valence-corrected chi connectivity index (χ2v) is 8.31. The molecule has 0 fully saturated rings. The summed E-state index contributed by atoms with van der Waals surface area (Å²) in [4.78, 5) is 25.5. The summed E-state index contributed by atoms with van der Waals surface area (Å²) in [6.07, 6.45) is -0.00229. The van der Waals surface area contributed by atoms with Crippen molar-refractivity contribution in [2.45, 2.75) is 33.8 Å². The largest absolute Gasteiger partial charge is 0.491 e. The van der Waals surface area contributed by atoms with Gasteiger partial charge in [0, 0.05) is 11.3 Å². The van der Waals surface area contributed by atoms with Gasteiger partial charge in [-0.3, -0.25) is 14.9 Å². The Bertz CT molecular complexity index is 1190. The molecule has 170 valence electrons. The van der Waals surface area contributed by atoms with Crippen LogP contribution in [0.5, 0.6) is 5.75 Å². The number of ether oxygens (including phenoxy) is 1. The molecule has 0 aromatic heterocycles. The zero-order valence-corrected chi connectivity index (χ0v) is 19.9. The Balaban J connectivity index is 1.68. The molecule has 0 heterocycles. The molecule has 0 atom stereocenters. The summed E-state index contributed by atoms with van der Waals surface area (Å²) in [5, 5.41) is 8.59. The first-order valence-electron chi connectivity index (χ1n) is 10.6. The minimum atomic E-state index is -0.376. The highest BCUT2D eigenvalue weighted by molar-refractivity contribution is 7.80. The highest BCUT2D eigenvalue weighted by Gasteiger charge is 2.15. The van der Waals surface area contributed by atoms with Gasteiger partial charge in [-0.15, -0.1) is 0 Å². The van der Waals surface area contributed by atoms with E-state index in [2.05, 4.69) is 16.0 Å². The van der Waals surface area contributed by atoms with E-state index in [1.165, 1.54) is 0 Å². The summed E-state index contributed by atoms with van der Waals surface area (Å²) in [5.41, 5.74) is 4.25. The Morgan fingerprint density at radius 1 is 0.848 bits per heavy atom. The SMILES string of the molecule is Cc1ccc(NC(=O)c2ccccc2NC(=S)NC(=O)c2cccc(OC(C)C)c2)cc1C. The van der Waals surface area contributed by atoms with Gasteiger partial charge in [0.1, 0.15) is 5.75 Å². The van der Waals surface area contributed by atoms with Crippen molar-refractivity contribution in [2.24, 2.45) is 0 Å². The van der Waals surface area contributed by atoms with Crippen molar-refractivity contribution in [1.29, 1.82) is 0 Å². The number of nitrogens with one attached hydrogen (secondary N) is 3. The molecule has 0 aliphatic rings. The molecule has 0 saturated carbocycles. The molecule has 0 spiro atoms. The Labute approximate surface area is 199 Å². The fraction of sp³-hybridized carbons (Fsp3) is 0.192. The number of benzene rings is 3. The number of thiocarbonyl (C=S) groups is 1. The molecule has 0 bridgehead atoms. The normalized spacial score (nSPS) is 10.5. The second kappa shape index (κ2) is 10.7. The van der Waals surface area contributed by atoms with Crippen molar-refractivity contribution >= 4 is 40.5 Å². The third-order valence-electron chi connectivity index (χ3n) is 4.88. The average Bonchev–Trinajstić information content (AvgIpc) is 2.76. The van der Waals surface area contributed by atoms with Gasteiger partial charge in [0.05, 0.1) is 17.4 Å². The van der Waals surface area contributed by atoms with E-state index < -0.39 is 0 Å². The molecule has 0 saturated heterocycles. The monoisotopic (exact) mass is 461 g/mol. The van der Waals surface area contributed by atoms with Crippen molar-refractivity contribution in [3.05, 3.63) is 89.0 Å². The first kappa shape index (κ1) is 23.9. The van der Waals surface area contributed by atoms with Crippen LogP contribution < -0.4 is 20.7 Å². The molecular formula is C26H27N3O3S. The van der Waals surface area contributed by atoms with Crippen molar-refractivity contribution in [3.63, 3.8) is 0 Å². The van der Waals surface area contributed by atoms with Crippen molar-refractivity contribution in [2.75, 3.05) is 10.6 Å². The van der Waals surface area contributed by atoms with Crippen LogP contribution in [0.15, 0.2) is 66.7 Å². The topological polar surface area (TPSA) is 79.5 Å². The van der Waals surface area contributed by atoms with E-state index >= 15 is 0 Å². The van der Waals surface area contributed by atoms with Gasteiger partial charge in [-0.05, 0) is 93.5 Å². The molecule has 6 nitrogen and oxygen atoms in total. The summed E-state index contributed by atoms with van der Waals surface area (Å²) < 4.78 is 5.64. The average molecular weight is 462 g/mol. The van der Waals surface area contributed by atoms with Crippen LogP contribution in [0.2, 0.25) is 0 Å². The fourth-order valence-corrected chi connectivity index (χ4v) is 3.32. The third-order valence-corrected chi connectivity index (χ3v) is 5.08. The smallest absolute Gasteiger partial charge is 0.257 e. The molecule has 0 aliphatic carbocycles. The Morgan fingerprint density at radius 2 is 1.61 bits per heavy atom. The van der Waals surface area contributed by atoms with Gasteiger partial charge in [0.15, 0.2) is 5.11 Å². The standard InChI is InChI=1S/C26H27N3O3S/c1-16(2)32-21-9-7-8-19(15-21)24(30)29-26(33)28-23-11-6-5-10-22(23)25(31)27-20-13-12-17(3)18(4)14-20/h5-16H,1-4H3,(H,27,31)(H2,28,29,30,33). The van der Waals surface area contributed by atoms with Crippen molar-refractivity contribution < 1.29 is 14.3 Å². The second-order valence-electron chi connectivity index (χ2n) is 7.90. The first-order valence-corrected chi connectivity index (χ1v) is 11.0. The molecule has 3 rings (SSSR count). The zero-order chi connectivity index (χ0) is 24.0. The molecule has 0 radical (unpaired) electrons. The number of aryl methyl sites for hydroxylation is 2. The Morgan fingerprint density at radius 3 is 2.33 bits per heavy atom. The summed E-state index contributed by atoms with van der Waals surface area (Å²) in [7, 11) is 0. The fourth-order valence-electron chi connectivity index (χ4n) is 3.12. The molecule has 2 amide bonds. The summed E-state index contributed by atoms with van der Waals surface area (Å²) >= 11 is 5.32. The highest BCUT2D eigenvalue weighted by Crippen LogP contribution is 2.20. The van der Waals surface area contributed by atoms with E-state index in [9.17, 15) is 9.59 Å². The molecule has 0 unspecified atom stereocenters. The van der Waals surface area contributed by atoms with Gasteiger partial charge in [0.2, 0.25) is 0 Å². The minimum Gasteiger partial charge on any atom is -0.491 e. The Kier molecular flexibility index (Phi) is 7.79. The van der Waals surface area contributed by atoms with Crippen molar-refractivity contribution in [1.82, 2.24) is 5.32 Å². The number of carbonyl (C=O) groups is 2. The molecule has 3 aromatic rings. The first-order chi connectivity index (χ1) is 15.7. The number of anilines is 2. The van der Waals surface area contributed by atoms with Gasteiger partial charge in [-0.1, -0.05) is 24.3 Å². The number of hydrogen-bond acceptors (Lipinski definition) is 4. The lowest BCUT2D eigenvalue weighted by molar-refractivity contribution is 0.0976. The van der Waals surface area contributed by atoms with E-state index in [1.54, 1.807) is 48.5 Å². The molecule has 0 aliphatic heterocycles. The van der Waals surface area contributed by atoms with E-state index in [0.29, 0.717) is 28.3 Å². The predicted molar refractivity (Wildman–Crippen MR) is 136 cm³/mol. The lowest BCUT2D eigenvalue weighted by Gasteiger charge is -2.14. The van der Waals surface area contributed by atoms with Crippen LogP contribution >= 0.6 is 12.2 Å². The quantitative estimate of drug-likeness (QED) is 0.424. The van der Waals surface area contributed by atoms with Gasteiger partial charge in [0.25, 0.3) is 11.8 Å². The lowest BCUT2D eigenvalue weighted by atomic mass is 10.1. The van der Waals surface area contributed by atoms with Gasteiger partial charge in [-0.25, -0.2) is 0 Å². The maximum Gasteiger partial charge on any atom is 0.257 e. The molecule has 33 heavy (non-hydrogen) atoms. The number of hydrogen-bond donors (Lipinski definition) is 3. The maximum atomic E-state index is 12.9. The van der Waals surface area contributed by atoms with Crippen LogP contribution in [0, 0.1) is 13.8 Å². The van der Waals surface area contributed by atoms with E-state index in [4.69, 9.17) is 17.0 Å². The highest BCUT2D eigenvalue weighted by atomic mass is 32.1. The van der Waals surface area contributed by atoms with Gasteiger partial charge < -0.3 is 15.4 Å². The van der Waals surface area contributed by atoms with Crippen molar-refractivity contribution in [3.8, 4) is 5.75 Å². The molecule has 3 aromatic carbocycles. The van der Waals surface area contributed by atoms with Crippen LogP contribution in [0.25, 0.3) is 0 Å². The van der Waals surface area contributed by atoms with Gasteiger partial charge >= 0.3 is 0 Å². The van der Waals surface area contributed by atoms with Crippen LogP contribution in [0.3, 0.4) is 0 Å². The maximum absolute atomic E-state index is 12.9. The Hall–Kier alpha value is -3.71. The predicted octanol–water partition coefficient (Wildman–Crippen LogP) is 5.47. The minimum absolute atomic E-state index is 0.00229. The summed E-state index contributed by atoms with van der Waals surface area (Å²) in [5.74, 6) is -0.0577. The summed E-state index contributed by atoms with van der Waals surface area (Å²) in [6.45, 7) is 7.84. The zero-order valence-electron chi connectivity index (χ0n) is 19.1. The molecule has 7 heteroatoms.